The fourth-order valence-electron chi connectivity index (χ4n) is 2.79. The molecule has 1 aromatic carbocycles. The van der Waals surface area contributed by atoms with Gasteiger partial charge >= 0.3 is 5.97 Å². The first kappa shape index (κ1) is 21.8. The highest BCUT2D eigenvalue weighted by molar-refractivity contribution is 7.80. The van der Waals surface area contributed by atoms with Crippen molar-refractivity contribution in [1.29, 1.82) is 0 Å². The van der Waals surface area contributed by atoms with Gasteiger partial charge in [0.2, 0.25) is 11.8 Å². The zero-order valence-corrected chi connectivity index (χ0v) is 17.1. The van der Waals surface area contributed by atoms with Gasteiger partial charge in [-0.1, -0.05) is 44.2 Å². The molecule has 1 aromatic rings. The molecule has 1 unspecified atom stereocenters. The molecule has 0 bridgehead atoms. The van der Waals surface area contributed by atoms with Crippen LogP contribution in [0.5, 0.6) is 0 Å². The second kappa shape index (κ2) is 10.8. The third kappa shape index (κ3) is 6.92. The standard InChI is InChI=1S/C20H27N3O4S/c1-14(2)13-27-18(25)12-16-19(26)21-10-11-23(16)20(28)22-17(24)9-8-15-6-4-3-5-7-15/h3-7,14,16H,8-13H2,1-2H3,(H,21,26)(H,22,24,28). The lowest BCUT2D eigenvalue weighted by Gasteiger charge is -2.36. The van der Waals surface area contributed by atoms with Crippen LogP contribution in [0.1, 0.15) is 32.3 Å². The smallest absolute Gasteiger partial charge is 0.308 e. The van der Waals surface area contributed by atoms with Gasteiger partial charge in [0.1, 0.15) is 6.04 Å². The number of carbonyl (C=O) groups excluding carboxylic acids is 3. The van der Waals surface area contributed by atoms with Crippen LogP contribution in [-0.2, 0) is 25.5 Å². The molecule has 152 valence electrons. The predicted molar refractivity (Wildman–Crippen MR) is 109 cm³/mol. The maximum atomic E-state index is 12.2. The van der Waals surface area contributed by atoms with Crippen molar-refractivity contribution < 1.29 is 19.1 Å². The highest BCUT2D eigenvalue weighted by Crippen LogP contribution is 2.11. The number of hydrogen-bond acceptors (Lipinski definition) is 5. The minimum Gasteiger partial charge on any atom is -0.465 e. The van der Waals surface area contributed by atoms with Crippen molar-refractivity contribution in [3.63, 3.8) is 0 Å². The number of nitrogens with one attached hydrogen (secondary N) is 2. The van der Waals surface area contributed by atoms with Gasteiger partial charge in [-0.15, -0.1) is 0 Å². The summed E-state index contributed by atoms with van der Waals surface area (Å²) in [5.74, 6) is -0.765. The second-order valence-electron chi connectivity index (χ2n) is 7.12. The van der Waals surface area contributed by atoms with Crippen molar-refractivity contribution in [2.24, 2.45) is 5.92 Å². The summed E-state index contributed by atoms with van der Waals surface area (Å²) >= 11 is 5.33. The molecule has 2 rings (SSSR count). The van der Waals surface area contributed by atoms with Gasteiger partial charge < -0.3 is 20.3 Å². The van der Waals surface area contributed by atoms with Crippen LogP contribution in [0.4, 0.5) is 0 Å². The monoisotopic (exact) mass is 405 g/mol. The number of amides is 2. The van der Waals surface area contributed by atoms with Crippen molar-refractivity contribution >= 4 is 35.1 Å². The molecule has 28 heavy (non-hydrogen) atoms. The number of piperazine rings is 1. The third-order valence-electron chi connectivity index (χ3n) is 4.26. The van der Waals surface area contributed by atoms with E-state index in [1.54, 1.807) is 4.90 Å². The number of nitrogens with zero attached hydrogens (tertiary/aromatic N) is 1. The first-order chi connectivity index (χ1) is 13.4. The number of thiocarbonyl (C=S) groups is 1. The molecule has 1 saturated heterocycles. The van der Waals surface area contributed by atoms with Crippen molar-refractivity contribution in [1.82, 2.24) is 15.5 Å². The average molecular weight is 406 g/mol. The summed E-state index contributed by atoms with van der Waals surface area (Å²) < 4.78 is 5.18. The number of aryl methyl sites for hydroxylation is 1. The molecule has 0 saturated carbocycles. The van der Waals surface area contributed by atoms with Gasteiger partial charge in [-0.3, -0.25) is 14.4 Å². The van der Waals surface area contributed by atoms with Gasteiger partial charge in [0, 0.05) is 19.5 Å². The molecular formula is C20H27N3O4S. The van der Waals surface area contributed by atoms with E-state index in [2.05, 4.69) is 10.6 Å². The topological polar surface area (TPSA) is 87.7 Å². The maximum Gasteiger partial charge on any atom is 0.308 e. The Hall–Kier alpha value is -2.48. The molecule has 2 amide bonds. The Morgan fingerprint density at radius 3 is 2.71 bits per heavy atom. The highest BCUT2D eigenvalue weighted by Gasteiger charge is 2.34. The summed E-state index contributed by atoms with van der Waals surface area (Å²) in [6.07, 6.45) is 0.768. The Labute approximate surface area is 170 Å². The molecule has 2 N–H and O–H groups in total. The Bertz CT molecular complexity index is 709. The van der Waals surface area contributed by atoms with Gasteiger partial charge in [0.05, 0.1) is 13.0 Å². The van der Waals surface area contributed by atoms with Crippen LogP contribution < -0.4 is 10.6 Å². The molecule has 1 heterocycles. The van der Waals surface area contributed by atoms with E-state index >= 15 is 0 Å². The molecular weight excluding hydrogens is 378 g/mol. The minimum absolute atomic E-state index is 0.113. The molecule has 0 radical (unpaired) electrons. The lowest BCUT2D eigenvalue weighted by molar-refractivity contribution is -0.148. The van der Waals surface area contributed by atoms with Crippen LogP contribution in [-0.4, -0.2) is 53.5 Å². The summed E-state index contributed by atoms with van der Waals surface area (Å²) in [5, 5.41) is 5.57. The van der Waals surface area contributed by atoms with Gasteiger partial charge in [0.25, 0.3) is 0 Å². The van der Waals surface area contributed by atoms with Crippen molar-refractivity contribution in [3.8, 4) is 0 Å². The van der Waals surface area contributed by atoms with Crippen molar-refractivity contribution in [2.45, 2.75) is 39.2 Å². The van der Waals surface area contributed by atoms with E-state index in [1.165, 1.54) is 0 Å². The van der Waals surface area contributed by atoms with Gasteiger partial charge in [-0.25, -0.2) is 0 Å². The molecule has 0 aliphatic carbocycles. The molecule has 0 aromatic heterocycles. The quantitative estimate of drug-likeness (QED) is 0.527. The van der Waals surface area contributed by atoms with E-state index in [0.29, 0.717) is 26.1 Å². The number of hydrogen-bond donors (Lipinski definition) is 2. The Morgan fingerprint density at radius 2 is 2.04 bits per heavy atom. The van der Waals surface area contributed by atoms with Gasteiger partial charge in [-0.05, 0) is 30.1 Å². The van der Waals surface area contributed by atoms with Crippen LogP contribution in [0.3, 0.4) is 0 Å². The van der Waals surface area contributed by atoms with Crippen molar-refractivity contribution in [2.75, 3.05) is 19.7 Å². The zero-order valence-electron chi connectivity index (χ0n) is 16.3. The Kier molecular flexibility index (Phi) is 8.38. The van der Waals surface area contributed by atoms with Gasteiger partial charge in [0.15, 0.2) is 5.11 Å². The fraction of sp³-hybridized carbons (Fsp3) is 0.500. The third-order valence-corrected chi connectivity index (χ3v) is 4.60. The van der Waals surface area contributed by atoms with Crippen molar-refractivity contribution in [3.05, 3.63) is 35.9 Å². The van der Waals surface area contributed by atoms with Crippen LogP contribution in [0.15, 0.2) is 30.3 Å². The van der Waals surface area contributed by atoms with E-state index in [1.807, 2.05) is 44.2 Å². The largest absolute Gasteiger partial charge is 0.465 e. The molecule has 7 nitrogen and oxygen atoms in total. The summed E-state index contributed by atoms with van der Waals surface area (Å²) in [7, 11) is 0. The first-order valence-electron chi connectivity index (χ1n) is 9.44. The summed E-state index contributed by atoms with van der Waals surface area (Å²) in [4.78, 5) is 38.1. The molecule has 1 aliphatic heterocycles. The lowest BCUT2D eigenvalue weighted by atomic mass is 10.1. The fourth-order valence-corrected chi connectivity index (χ4v) is 3.13. The number of esters is 1. The normalized spacial score (nSPS) is 16.5. The predicted octanol–water partition coefficient (Wildman–Crippen LogP) is 1.41. The maximum absolute atomic E-state index is 12.2. The first-order valence-corrected chi connectivity index (χ1v) is 9.85. The summed E-state index contributed by atoms with van der Waals surface area (Å²) in [6, 6.07) is 8.90. The lowest BCUT2D eigenvalue weighted by Crippen LogP contribution is -2.60. The highest BCUT2D eigenvalue weighted by atomic mass is 32.1. The molecule has 1 fully saturated rings. The van der Waals surface area contributed by atoms with E-state index in [-0.39, 0.29) is 35.7 Å². The van der Waals surface area contributed by atoms with E-state index in [0.717, 1.165) is 5.56 Å². The number of benzene rings is 1. The Morgan fingerprint density at radius 1 is 1.32 bits per heavy atom. The summed E-state index contributed by atoms with van der Waals surface area (Å²) in [5.41, 5.74) is 1.06. The SMILES string of the molecule is CC(C)COC(=O)CC1C(=O)NCCN1C(=S)NC(=O)CCc1ccccc1. The summed E-state index contributed by atoms with van der Waals surface area (Å²) in [6.45, 7) is 5.00. The molecule has 8 heteroatoms. The zero-order chi connectivity index (χ0) is 20.5. The van der Waals surface area contributed by atoms with E-state index in [9.17, 15) is 14.4 Å². The minimum atomic E-state index is -0.782. The Balaban J connectivity index is 1.89. The second-order valence-corrected chi connectivity index (χ2v) is 7.51. The van der Waals surface area contributed by atoms with E-state index in [4.69, 9.17) is 17.0 Å². The van der Waals surface area contributed by atoms with E-state index < -0.39 is 12.0 Å². The number of ether oxygens (including phenoxy) is 1. The number of carbonyl (C=O) groups is 3. The van der Waals surface area contributed by atoms with Gasteiger partial charge in [-0.2, -0.15) is 0 Å². The van der Waals surface area contributed by atoms with Crippen LogP contribution in [0, 0.1) is 5.92 Å². The van der Waals surface area contributed by atoms with Crippen LogP contribution in [0.25, 0.3) is 0 Å². The molecule has 1 aliphatic rings. The molecule has 1 atom stereocenters. The average Bonchev–Trinajstić information content (AvgIpc) is 2.67. The number of rotatable bonds is 7. The molecule has 0 spiro atoms. The van der Waals surface area contributed by atoms with Crippen LogP contribution >= 0.6 is 12.2 Å². The van der Waals surface area contributed by atoms with Crippen LogP contribution in [0.2, 0.25) is 0 Å².